The quantitative estimate of drug-likeness (QED) is 0.567. The van der Waals surface area contributed by atoms with E-state index in [0.29, 0.717) is 18.2 Å². The zero-order valence-electron chi connectivity index (χ0n) is 15.9. The van der Waals surface area contributed by atoms with Gasteiger partial charge in [0, 0.05) is 12.5 Å². The third-order valence-corrected chi connectivity index (χ3v) is 4.13. The highest BCUT2D eigenvalue weighted by atomic mass is 19.1. The predicted octanol–water partition coefficient (Wildman–Crippen LogP) is 4.12. The summed E-state index contributed by atoms with van der Waals surface area (Å²) in [5.41, 5.74) is 1.80. The maximum atomic E-state index is 13.5. The van der Waals surface area contributed by atoms with E-state index in [-0.39, 0.29) is 12.3 Å². The van der Waals surface area contributed by atoms with Crippen LogP contribution < -0.4 is 10.1 Å². The van der Waals surface area contributed by atoms with Gasteiger partial charge in [-0.05, 0) is 29.3 Å². The molecular formula is C23H19F2NO4. The van der Waals surface area contributed by atoms with E-state index in [1.807, 2.05) is 42.5 Å². The molecule has 3 aromatic carbocycles. The fraction of sp³-hybridized carbons (Fsp3) is 0.130. The van der Waals surface area contributed by atoms with Gasteiger partial charge in [-0.1, -0.05) is 48.5 Å². The molecule has 7 heteroatoms. The summed E-state index contributed by atoms with van der Waals surface area (Å²) in [7, 11) is 0. The van der Waals surface area contributed by atoms with Crippen LogP contribution in [0.4, 0.5) is 14.5 Å². The summed E-state index contributed by atoms with van der Waals surface area (Å²) >= 11 is 0. The van der Waals surface area contributed by atoms with Gasteiger partial charge >= 0.3 is 5.97 Å². The molecule has 0 spiro atoms. The van der Waals surface area contributed by atoms with Crippen LogP contribution in [-0.4, -0.2) is 25.1 Å². The number of para-hydroxylation sites is 1. The molecule has 0 aromatic heterocycles. The number of carbonyl (C=O) groups excluding carboxylic acids is 2. The molecule has 0 unspecified atom stereocenters. The van der Waals surface area contributed by atoms with E-state index >= 15 is 0 Å². The Hall–Kier alpha value is -3.74. The van der Waals surface area contributed by atoms with Gasteiger partial charge < -0.3 is 14.8 Å². The van der Waals surface area contributed by atoms with Gasteiger partial charge in [0.05, 0.1) is 5.69 Å². The maximum Gasteiger partial charge on any atom is 0.344 e. The highest BCUT2D eigenvalue weighted by Gasteiger charge is 2.12. The minimum Gasteiger partial charge on any atom is -0.482 e. The van der Waals surface area contributed by atoms with Gasteiger partial charge in [-0.2, -0.15) is 0 Å². The van der Waals surface area contributed by atoms with Crippen LogP contribution >= 0.6 is 0 Å². The summed E-state index contributed by atoms with van der Waals surface area (Å²) in [6.45, 7) is -1.01. The van der Waals surface area contributed by atoms with E-state index in [1.165, 1.54) is 0 Å². The number of hydrogen-bond acceptors (Lipinski definition) is 4. The number of hydrogen-bond donors (Lipinski definition) is 1. The molecule has 0 saturated heterocycles. The smallest absolute Gasteiger partial charge is 0.344 e. The highest BCUT2D eigenvalue weighted by Crippen LogP contribution is 2.21. The molecule has 1 amide bonds. The average Bonchev–Trinajstić information content (AvgIpc) is 2.74. The first-order valence-electron chi connectivity index (χ1n) is 9.16. The number of nitrogens with one attached hydrogen (secondary N) is 1. The van der Waals surface area contributed by atoms with Crippen LogP contribution in [0.3, 0.4) is 0 Å². The van der Waals surface area contributed by atoms with E-state index in [2.05, 4.69) is 5.32 Å². The molecule has 0 fully saturated rings. The number of rotatable bonds is 8. The molecule has 0 bridgehead atoms. The molecule has 3 aromatic rings. The van der Waals surface area contributed by atoms with Gasteiger partial charge in [-0.25, -0.2) is 13.6 Å². The van der Waals surface area contributed by atoms with Crippen molar-refractivity contribution in [3.05, 3.63) is 95.6 Å². The largest absolute Gasteiger partial charge is 0.482 e. The summed E-state index contributed by atoms with van der Waals surface area (Å²) in [4.78, 5) is 23.7. The van der Waals surface area contributed by atoms with Crippen molar-refractivity contribution >= 4 is 17.6 Å². The van der Waals surface area contributed by atoms with Crippen LogP contribution in [0.1, 0.15) is 11.1 Å². The van der Waals surface area contributed by atoms with E-state index in [9.17, 15) is 18.4 Å². The van der Waals surface area contributed by atoms with Crippen molar-refractivity contribution in [3.8, 4) is 5.75 Å². The molecule has 0 heterocycles. The molecule has 0 aliphatic carbocycles. The number of esters is 1. The van der Waals surface area contributed by atoms with Crippen molar-refractivity contribution in [3.63, 3.8) is 0 Å². The van der Waals surface area contributed by atoms with Gasteiger partial charge in [0.2, 0.25) is 0 Å². The Labute approximate surface area is 172 Å². The fourth-order valence-electron chi connectivity index (χ4n) is 2.71. The first kappa shape index (κ1) is 21.0. The lowest BCUT2D eigenvalue weighted by Gasteiger charge is -2.12. The lowest BCUT2D eigenvalue weighted by molar-refractivity contribution is -0.149. The minimum absolute atomic E-state index is 0.205. The van der Waals surface area contributed by atoms with Gasteiger partial charge in [0.25, 0.3) is 5.91 Å². The second-order valence-corrected chi connectivity index (χ2v) is 6.39. The molecule has 3 rings (SSSR count). The number of ether oxygens (including phenoxy) is 2. The van der Waals surface area contributed by atoms with Crippen LogP contribution in [-0.2, 0) is 20.7 Å². The Morgan fingerprint density at radius 3 is 2.37 bits per heavy atom. The fourth-order valence-corrected chi connectivity index (χ4v) is 2.71. The van der Waals surface area contributed by atoms with Crippen molar-refractivity contribution in [2.45, 2.75) is 6.42 Å². The first-order valence-corrected chi connectivity index (χ1v) is 9.16. The maximum absolute atomic E-state index is 13.5. The molecule has 0 aliphatic heterocycles. The summed E-state index contributed by atoms with van der Waals surface area (Å²) in [5.74, 6) is -2.65. The number of anilines is 1. The third kappa shape index (κ3) is 6.13. The minimum atomic E-state index is -0.923. The molecule has 0 aliphatic rings. The van der Waals surface area contributed by atoms with Crippen molar-refractivity contribution < 1.29 is 27.8 Å². The van der Waals surface area contributed by atoms with E-state index in [0.717, 1.165) is 23.3 Å². The van der Waals surface area contributed by atoms with Crippen LogP contribution in [0.25, 0.3) is 0 Å². The summed E-state index contributed by atoms with van der Waals surface area (Å²) in [5, 5.41) is 2.20. The number of benzene rings is 3. The lowest BCUT2D eigenvalue weighted by atomic mass is 10.0. The molecule has 0 radical (unpaired) electrons. The Kier molecular flexibility index (Phi) is 7.10. The second-order valence-electron chi connectivity index (χ2n) is 6.39. The van der Waals surface area contributed by atoms with E-state index < -0.39 is 30.1 Å². The highest BCUT2D eigenvalue weighted by molar-refractivity contribution is 5.92. The van der Waals surface area contributed by atoms with Crippen molar-refractivity contribution in [1.29, 1.82) is 0 Å². The topological polar surface area (TPSA) is 64.6 Å². The van der Waals surface area contributed by atoms with Gasteiger partial charge in [0.15, 0.2) is 13.2 Å². The molecule has 0 saturated carbocycles. The standard InChI is InChI=1S/C23H19F2NO4/c24-18-10-11-20(19(25)13-18)26-22(27)14-30-23(28)15-29-21-9-5-4-8-17(21)12-16-6-2-1-3-7-16/h1-11,13H,12,14-15H2,(H,26,27). The van der Waals surface area contributed by atoms with Gasteiger partial charge in [0.1, 0.15) is 17.4 Å². The van der Waals surface area contributed by atoms with E-state index in [4.69, 9.17) is 9.47 Å². The van der Waals surface area contributed by atoms with Crippen LogP contribution in [0.2, 0.25) is 0 Å². The molecule has 154 valence electrons. The lowest BCUT2D eigenvalue weighted by Crippen LogP contribution is -2.24. The van der Waals surface area contributed by atoms with Gasteiger partial charge in [-0.3, -0.25) is 4.79 Å². The third-order valence-electron chi connectivity index (χ3n) is 4.13. The van der Waals surface area contributed by atoms with Crippen LogP contribution in [0.5, 0.6) is 5.75 Å². The molecule has 30 heavy (non-hydrogen) atoms. The van der Waals surface area contributed by atoms with Crippen molar-refractivity contribution in [1.82, 2.24) is 0 Å². The Morgan fingerprint density at radius 1 is 0.867 bits per heavy atom. The molecule has 0 atom stereocenters. The van der Waals surface area contributed by atoms with Crippen LogP contribution in [0.15, 0.2) is 72.8 Å². The first-order chi connectivity index (χ1) is 14.5. The zero-order chi connectivity index (χ0) is 21.3. The number of halogens is 2. The molecular weight excluding hydrogens is 392 g/mol. The monoisotopic (exact) mass is 411 g/mol. The SMILES string of the molecule is O=C(COC(=O)COc1ccccc1Cc1ccccc1)Nc1ccc(F)cc1F. The molecule has 1 N–H and O–H groups in total. The summed E-state index contributed by atoms with van der Waals surface area (Å²) < 4.78 is 36.8. The number of amides is 1. The van der Waals surface area contributed by atoms with Gasteiger partial charge in [-0.15, -0.1) is 0 Å². The summed E-state index contributed by atoms with van der Waals surface area (Å²) in [6, 6.07) is 19.9. The van der Waals surface area contributed by atoms with Crippen molar-refractivity contribution in [2.75, 3.05) is 18.5 Å². The zero-order valence-corrected chi connectivity index (χ0v) is 15.9. The average molecular weight is 411 g/mol. The second kappa shape index (κ2) is 10.2. The Balaban J connectivity index is 1.48. The van der Waals surface area contributed by atoms with E-state index in [1.54, 1.807) is 12.1 Å². The number of carbonyl (C=O) groups is 2. The Bertz CT molecular complexity index is 1020. The van der Waals surface area contributed by atoms with Crippen molar-refractivity contribution in [2.24, 2.45) is 0 Å². The van der Waals surface area contributed by atoms with Crippen LogP contribution in [0, 0.1) is 11.6 Å². The normalized spacial score (nSPS) is 10.3. The Morgan fingerprint density at radius 2 is 1.60 bits per heavy atom. The molecule has 5 nitrogen and oxygen atoms in total. The summed E-state index contributed by atoms with van der Waals surface area (Å²) in [6.07, 6.45) is 0.637. The predicted molar refractivity (Wildman–Crippen MR) is 107 cm³/mol.